The Hall–Kier alpha value is -0.650. The van der Waals surface area contributed by atoms with Gasteiger partial charge in [0.15, 0.2) is 0 Å². The zero-order chi connectivity index (χ0) is 13.8. The lowest BCUT2D eigenvalue weighted by Crippen LogP contribution is -2.52. The summed E-state index contributed by atoms with van der Waals surface area (Å²) in [7, 11) is 1.77. The molecule has 19 heavy (non-hydrogen) atoms. The SMILES string of the molecule is COC1CCN(CC(=O)N2CC(C)OC(C)C2)CC1. The van der Waals surface area contributed by atoms with Gasteiger partial charge in [-0.25, -0.2) is 0 Å². The fraction of sp³-hybridized carbons (Fsp3) is 0.929. The molecule has 0 aromatic rings. The molecule has 110 valence electrons. The highest BCUT2D eigenvalue weighted by Gasteiger charge is 2.28. The predicted molar refractivity (Wildman–Crippen MR) is 73.1 cm³/mol. The van der Waals surface area contributed by atoms with Crippen molar-refractivity contribution in [1.29, 1.82) is 0 Å². The summed E-state index contributed by atoms with van der Waals surface area (Å²) in [5, 5.41) is 0. The van der Waals surface area contributed by atoms with Gasteiger partial charge in [0, 0.05) is 33.3 Å². The fourth-order valence-corrected chi connectivity index (χ4v) is 2.98. The average molecular weight is 270 g/mol. The number of nitrogens with zero attached hydrogens (tertiary/aromatic N) is 2. The molecular weight excluding hydrogens is 244 g/mol. The average Bonchev–Trinajstić information content (AvgIpc) is 2.38. The molecule has 2 saturated heterocycles. The second kappa shape index (κ2) is 6.68. The molecule has 0 aliphatic carbocycles. The van der Waals surface area contributed by atoms with Crippen LogP contribution in [0.1, 0.15) is 26.7 Å². The molecule has 2 rings (SSSR count). The topological polar surface area (TPSA) is 42.0 Å². The highest BCUT2D eigenvalue weighted by atomic mass is 16.5. The van der Waals surface area contributed by atoms with Gasteiger partial charge >= 0.3 is 0 Å². The Labute approximate surface area is 115 Å². The zero-order valence-corrected chi connectivity index (χ0v) is 12.3. The van der Waals surface area contributed by atoms with Gasteiger partial charge in [-0.1, -0.05) is 0 Å². The molecule has 5 nitrogen and oxygen atoms in total. The Morgan fingerprint density at radius 1 is 1.21 bits per heavy atom. The third-order valence-corrected chi connectivity index (χ3v) is 4.00. The number of carbonyl (C=O) groups excluding carboxylic acids is 1. The maximum atomic E-state index is 12.3. The van der Waals surface area contributed by atoms with Crippen molar-refractivity contribution in [2.45, 2.75) is 45.0 Å². The first-order chi connectivity index (χ1) is 9.08. The van der Waals surface area contributed by atoms with Crippen LogP contribution >= 0.6 is 0 Å². The standard InChI is InChI=1S/C14H26N2O3/c1-11-8-16(9-12(2)19-11)14(17)10-15-6-4-13(18-3)5-7-15/h11-13H,4-10H2,1-3H3. The zero-order valence-electron chi connectivity index (χ0n) is 12.3. The number of hydrogen-bond acceptors (Lipinski definition) is 4. The lowest BCUT2D eigenvalue weighted by atomic mass is 10.1. The van der Waals surface area contributed by atoms with Crippen LogP contribution in [0.3, 0.4) is 0 Å². The molecule has 2 heterocycles. The molecular formula is C14H26N2O3. The van der Waals surface area contributed by atoms with Gasteiger partial charge in [0.2, 0.25) is 5.91 Å². The Morgan fingerprint density at radius 3 is 2.32 bits per heavy atom. The number of likely N-dealkylation sites (tertiary alicyclic amines) is 1. The van der Waals surface area contributed by atoms with Gasteiger partial charge in [0.25, 0.3) is 0 Å². The van der Waals surface area contributed by atoms with Crippen LogP contribution in [-0.2, 0) is 14.3 Å². The first-order valence-corrected chi connectivity index (χ1v) is 7.27. The molecule has 0 aromatic carbocycles. The molecule has 0 spiro atoms. The normalized spacial score (nSPS) is 30.6. The van der Waals surface area contributed by atoms with E-state index in [0.717, 1.165) is 39.0 Å². The van der Waals surface area contributed by atoms with Gasteiger partial charge in [-0.15, -0.1) is 0 Å². The van der Waals surface area contributed by atoms with Crippen LogP contribution in [0.2, 0.25) is 0 Å². The molecule has 0 bridgehead atoms. The lowest BCUT2D eigenvalue weighted by molar-refractivity contribution is -0.144. The van der Waals surface area contributed by atoms with Crippen molar-refractivity contribution in [3.63, 3.8) is 0 Å². The van der Waals surface area contributed by atoms with Gasteiger partial charge in [-0.05, 0) is 26.7 Å². The highest BCUT2D eigenvalue weighted by molar-refractivity contribution is 5.78. The summed E-state index contributed by atoms with van der Waals surface area (Å²) >= 11 is 0. The van der Waals surface area contributed by atoms with Crippen molar-refractivity contribution < 1.29 is 14.3 Å². The van der Waals surface area contributed by atoms with Crippen molar-refractivity contribution in [3.8, 4) is 0 Å². The minimum Gasteiger partial charge on any atom is -0.381 e. The van der Waals surface area contributed by atoms with E-state index < -0.39 is 0 Å². The molecule has 5 heteroatoms. The number of methoxy groups -OCH3 is 1. The third kappa shape index (κ3) is 4.16. The first kappa shape index (κ1) is 14.8. The van der Waals surface area contributed by atoms with Crippen molar-refractivity contribution in [2.24, 2.45) is 0 Å². The van der Waals surface area contributed by atoms with E-state index in [9.17, 15) is 4.79 Å². The van der Waals surface area contributed by atoms with E-state index in [-0.39, 0.29) is 18.1 Å². The fourth-order valence-electron chi connectivity index (χ4n) is 2.98. The van der Waals surface area contributed by atoms with E-state index >= 15 is 0 Å². The van der Waals surface area contributed by atoms with Crippen LogP contribution < -0.4 is 0 Å². The molecule has 0 radical (unpaired) electrons. The molecule has 2 fully saturated rings. The van der Waals surface area contributed by atoms with Crippen LogP contribution in [0.15, 0.2) is 0 Å². The summed E-state index contributed by atoms with van der Waals surface area (Å²) in [6.45, 7) is 7.95. The number of morpholine rings is 1. The van der Waals surface area contributed by atoms with E-state index in [1.165, 1.54) is 0 Å². The Morgan fingerprint density at radius 2 is 1.79 bits per heavy atom. The van der Waals surface area contributed by atoms with Crippen LogP contribution in [-0.4, -0.2) is 73.9 Å². The van der Waals surface area contributed by atoms with Crippen LogP contribution in [0.5, 0.6) is 0 Å². The van der Waals surface area contributed by atoms with E-state index in [4.69, 9.17) is 9.47 Å². The van der Waals surface area contributed by atoms with Crippen LogP contribution in [0.4, 0.5) is 0 Å². The van der Waals surface area contributed by atoms with Crippen molar-refractivity contribution in [3.05, 3.63) is 0 Å². The van der Waals surface area contributed by atoms with Crippen LogP contribution in [0.25, 0.3) is 0 Å². The first-order valence-electron chi connectivity index (χ1n) is 7.27. The monoisotopic (exact) mass is 270 g/mol. The second-order valence-corrected chi connectivity index (χ2v) is 5.77. The van der Waals surface area contributed by atoms with Gasteiger partial charge in [0.1, 0.15) is 0 Å². The maximum absolute atomic E-state index is 12.3. The quantitative estimate of drug-likeness (QED) is 0.758. The van der Waals surface area contributed by atoms with Gasteiger partial charge in [0.05, 0.1) is 24.9 Å². The maximum Gasteiger partial charge on any atom is 0.236 e. The van der Waals surface area contributed by atoms with Gasteiger partial charge in [-0.3, -0.25) is 9.69 Å². The number of ether oxygens (including phenoxy) is 2. The highest BCUT2D eigenvalue weighted by Crippen LogP contribution is 2.14. The molecule has 2 unspecified atom stereocenters. The van der Waals surface area contributed by atoms with Crippen LogP contribution in [0, 0.1) is 0 Å². The van der Waals surface area contributed by atoms with Crippen molar-refractivity contribution >= 4 is 5.91 Å². The molecule has 1 amide bonds. The molecule has 0 saturated carbocycles. The van der Waals surface area contributed by atoms with Crippen molar-refractivity contribution in [1.82, 2.24) is 9.80 Å². The Kier molecular flexibility index (Phi) is 5.19. The molecule has 2 atom stereocenters. The van der Waals surface area contributed by atoms with Crippen molar-refractivity contribution in [2.75, 3.05) is 39.8 Å². The van der Waals surface area contributed by atoms with Gasteiger partial charge in [-0.2, -0.15) is 0 Å². The lowest BCUT2D eigenvalue weighted by Gasteiger charge is -2.37. The molecule has 2 aliphatic rings. The number of rotatable bonds is 3. The minimum absolute atomic E-state index is 0.145. The van der Waals surface area contributed by atoms with E-state index in [1.54, 1.807) is 7.11 Å². The largest absolute Gasteiger partial charge is 0.381 e. The summed E-state index contributed by atoms with van der Waals surface area (Å²) in [6, 6.07) is 0. The third-order valence-electron chi connectivity index (χ3n) is 4.00. The number of carbonyl (C=O) groups is 1. The molecule has 0 aromatic heterocycles. The van der Waals surface area contributed by atoms with E-state index in [2.05, 4.69) is 4.90 Å². The summed E-state index contributed by atoms with van der Waals surface area (Å²) < 4.78 is 11.0. The summed E-state index contributed by atoms with van der Waals surface area (Å²) in [5.74, 6) is 0.234. The van der Waals surface area contributed by atoms with Gasteiger partial charge < -0.3 is 14.4 Å². The molecule has 2 aliphatic heterocycles. The Balaban J connectivity index is 1.78. The second-order valence-electron chi connectivity index (χ2n) is 5.77. The smallest absolute Gasteiger partial charge is 0.236 e. The molecule has 0 N–H and O–H groups in total. The number of hydrogen-bond donors (Lipinski definition) is 0. The summed E-state index contributed by atoms with van der Waals surface area (Å²) in [6.07, 6.45) is 2.72. The predicted octanol–water partition coefficient (Wildman–Crippen LogP) is 0.733. The minimum atomic E-state index is 0.145. The number of piperidine rings is 1. The summed E-state index contributed by atoms with van der Waals surface area (Å²) in [4.78, 5) is 16.5. The van der Waals surface area contributed by atoms with E-state index in [0.29, 0.717) is 12.6 Å². The summed E-state index contributed by atoms with van der Waals surface area (Å²) in [5.41, 5.74) is 0. The van der Waals surface area contributed by atoms with E-state index in [1.807, 2.05) is 18.7 Å². The number of amides is 1. The Bertz CT molecular complexity index is 293.